The Bertz CT molecular complexity index is 878. The van der Waals surface area contributed by atoms with Gasteiger partial charge >= 0.3 is 0 Å². The molecule has 1 aromatic carbocycles. The molecule has 0 unspecified atom stereocenters. The Balaban J connectivity index is 1.91. The number of carbonyl (C=O) groups excluding carboxylic acids is 1. The number of nitrogens with one attached hydrogen (secondary N) is 1. The van der Waals surface area contributed by atoms with E-state index in [1.165, 1.54) is 0 Å². The maximum atomic E-state index is 12.9. The van der Waals surface area contributed by atoms with Crippen LogP contribution < -0.4 is 5.32 Å². The summed E-state index contributed by atoms with van der Waals surface area (Å²) in [6.07, 6.45) is 7.49. The van der Waals surface area contributed by atoms with Crippen molar-refractivity contribution in [1.82, 2.24) is 19.3 Å². The third-order valence-corrected chi connectivity index (χ3v) is 4.21. The number of aryl methyl sites for hydroxylation is 3. The number of rotatable bonds is 6. The lowest BCUT2D eigenvalue weighted by molar-refractivity contribution is 0.102. The SMILES string of the molecule is CCCCn1ncc(C)c1NC(=O)c1ccccc1-c1nccn1C. The largest absolute Gasteiger partial charge is 0.334 e. The average molecular weight is 337 g/mol. The van der Waals surface area contributed by atoms with Gasteiger partial charge < -0.3 is 9.88 Å². The lowest BCUT2D eigenvalue weighted by atomic mass is 10.1. The van der Waals surface area contributed by atoms with Crippen LogP contribution in [0.3, 0.4) is 0 Å². The first-order chi connectivity index (χ1) is 12.1. The zero-order valence-electron chi connectivity index (χ0n) is 14.9. The minimum atomic E-state index is -0.153. The molecule has 25 heavy (non-hydrogen) atoms. The van der Waals surface area contributed by atoms with Crippen molar-refractivity contribution in [3.05, 3.63) is 54.0 Å². The number of benzene rings is 1. The minimum absolute atomic E-state index is 0.153. The van der Waals surface area contributed by atoms with Gasteiger partial charge in [-0.15, -0.1) is 0 Å². The zero-order valence-corrected chi connectivity index (χ0v) is 14.9. The fraction of sp³-hybridized carbons (Fsp3) is 0.316. The highest BCUT2D eigenvalue weighted by Gasteiger charge is 2.17. The minimum Gasteiger partial charge on any atom is -0.334 e. The van der Waals surface area contributed by atoms with Crippen LogP contribution in [0, 0.1) is 6.92 Å². The second-order valence-electron chi connectivity index (χ2n) is 6.11. The second kappa shape index (κ2) is 7.34. The number of unbranched alkanes of at least 4 members (excludes halogenated alkanes) is 1. The van der Waals surface area contributed by atoms with E-state index in [0.29, 0.717) is 5.56 Å². The van der Waals surface area contributed by atoms with E-state index in [1.54, 1.807) is 12.4 Å². The summed E-state index contributed by atoms with van der Waals surface area (Å²) < 4.78 is 3.77. The van der Waals surface area contributed by atoms with Crippen molar-refractivity contribution in [3.63, 3.8) is 0 Å². The van der Waals surface area contributed by atoms with E-state index < -0.39 is 0 Å². The molecule has 0 aliphatic heterocycles. The summed E-state index contributed by atoms with van der Waals surface area (Å²) in [5.41, 5.74) is 2.36. The summed E-state index contributed by atoms with van der Waals surface area (Å²) >= 11 is 0. The van der Waals surface area contributed by atoms with Crippen molar-refractivity contribution < 1.29 is 4.79 Å². The van der Waals surface area contributed by atoms with Gasteiger partial charge in [0, 0.05) is 37.1 Å². The third kappa shape index (κ3) is 3.47. The zero-order chi connectivity index (χ0) is 17.8. The molecule has 1 amide bonds. The Kier molecular flexibility index (Phi) is 4.97. The highest BCUT2D eigenvalue weighted by molar-refractivity contribution is 6.08. The van der Waals surface area contributed by atoms with E-state index in [2.05, 4.69) is 22.3 Å². The van der Waals surface area contributed by atoms with Crippen LogP contribution in [0.15, 0.2) is 42.9 Å². The molecule has 2 heterocycles. The first kappa shape index (κ1) is 17.0. The van der Waals surface area contributed by atoms with Crippen molar-refractivity contribution in [2.45, 2.75) is 33.2 Å². The number of nitrogens with zero attached hydrogens (tertiary/aromatic N) is 4. The topological polar surface area (TPSA) is 64.7 Å². The van der Waals surface area contributed by atoms with Gasteiger partial charge in [-0.25, -0.2) is 9.67 Å². The van der Waals surface area contributed by atoms with Crippen LogP contribution in [-0.2, 0) is 13.6 Å². The smallest absolute Gasteiger partial charge is 0.257 e. The highest BCUT2D eigenvalue weighted by atomic mass is 16.1. The van der Waals surface area contributed by atoms with Crippen molar-refractivity contribution in [2.24, 2.45) is 7.05 Å². The Morgan fingerprint density at radius 1 is 1.28 bits per heavy atom. The molecule has 130 valence electrons. The molecule has 0 spiro atoms. The van der Waals surface area contributed by atoms with Gasteiger partial charge in [-0.05, 0) is 19.4 Å². The van der Waals surface area contributed by atoms with Crippen LogP contribution in [0.5, 0.6) is 0 Å². The molecule has 2 aromatic heterocycles. The molecular formula is C19H23N5O. The van der Waals surface area contributed by atoms with Gasteiger partial charge in [-0.2, -0.15) is 5.10 Å². The van der Waals surface area contributed by atoms with E-state index in [1.807, 2.05) is 53.7 Å². The van der Waals surface area contributed by atoms with E-state index in [9.17, 15) is 4.79 Å². The van der Waals surface area contributed by atoms with Crippen LogP contribution in [0.2, 0.25) is 0 Å². The number of hydrogen-bond donors (Lipinski definition) is 1. The van der Waals surface area contributed by atoms with E-state index >= 15 is 0 Å². The van der Waals surface area contributed by atoms with E-state index in [0.717, 1.165) is 42.2 Å². The number of hydrogen-bond acceptors (Lipinski definition) is 3. The van der Waals surface area contributed by atoms with Gasteiger partial charge in [-0.1, -0.05) is 31.5 Å². The van der Waals surface area contributed by atoms with Gasteiger partial charge in [0.25, 0.3) is 5.91 Å². The fourth-order valence-corrected chi connectivity index (χ4v) is 2.80. The number of imidazole rings is 1. The lowest BCUT2D eigenvalue weighted by Crippen LogP contribution is -2.18. The normalized spacial score (nSPS) is 10.8. The van der Waals surface area contributed by atoms with Crippen LogP contribution in [-0.4, -0.2) is 25.2 Å². The molecule has 3 aromatic rings. The Morgan fingerprint density at radius 3 is 2.80 bits per heavy atom. The average Bonchev–Trinajstić information content (AvgIpc) is 3.19. The van der Waals surface area contributed by atoms with E-state index in [-0.39, 0.29) is 5.91 Å². The molecule has 0 radical (unpaired) electrons. The second-order valence-corrected chi connectivity index (χ2v) is 6.11. The molecular weight excluding hydrogens is 314 g/mol. The summed E-state index contributed by atoms with van der Waals surface area (Å²) in [4.78, 5) is 17.3. The van der Waals surface area contributed by atoms with Gasteiger partial charge in [-0.3, -0.25) is 4.79 Å². The van der Waals surface area contributed by atoms with Crippen molar-refractivity contribution in [1.29, 1.82) is 0 Å². The summed E-state index contributed by atoms with van der Waals surface area (Å²) in [6, 6.07) is 7.51. The summed E-state index contributed by atoms with van der Waals surface area (Å²) in [5.74, 6) is 1.37. The quantitative estimate of drug-likeness (QED) is 0.747. The van der Waals surface area contributed by atoms with Crippen LogP contribution in [0.25, 0.3) is 11.4 Å². The lowest BCUT2D eigenvalue weighted by Gasteiger charge is -2.12. The van der Waals surface area contributed by atoms with Gasteiger partial charge in [0.15, 0.2) is 0 Å². The third-order valence-electron chi connectivity index (χ3n) is 4.21. The van der Waals surface area contributed by atoms with Crippen LogP contribution in [0.1, 0.15) is 35.7 Å². The Labute approximate surface area is 147 Å². The predicted molar refractivity (Wildman–Crippen MR) is 98.5 cm³/mol. The summed E-state index contributed by atoms with van der Waals surface area (Å²) in [6.45, 7) is 4.88. The molecule has 1 N–H and O–H groups in total. The molecule has 6 heteroatoms. The first-order valence-electron chi connectivity index (χ1n) is 8.52. The van der Waals surface area contributed by atoms with Crippen LogP contribution >= 0.6 is 0 Å². The van der Waals surface area contributed by atoms with E-state index in [4.69, 9.17) is 0 Å². The van der Waals surface area contributed by atoms with Crippen LogP contribution in [0.4, 0.5) is 5.82 Å². The van der Waals surface area contributed by atoms with Crippen molar-refractivity contribution in [2.75, 3.05) is 5.32 Å². The predicted octanol–water partition coefficient (Wildman–Crippen LogP) is 3.64. The van der Waals surface area contributed by atoms with Crippen molar-refractivity contribution in [3.8, 4) is 11.4 Å². The Morgan fingerprint density at radius 2 is 2.08 bits per heavy atom. The molecule has 0 fully saturated rings. The molecule has 0 atom stereocenters. The number of carbonyl (C=O) groups is 1. The molecule has 0 saturated heterocycles. The number of aromatic nitrogens is 4. The maximum absolute atomic E-state index is 12.9. The first-order valence-corrected chi connectivity index (χ1v) is 8.52. The monoisotopic (exact) mass is 337 g/mol. The Hall–Kier alpha value is -2.89. The molecule has 0 saturated carbocycles. The maximum Gasteiger partial charge on any atom is 0.257 e. The molecule has 0 aliphatic rings. The molecule has 6 nitrogen and oxygen atoms in total. The van der Waals surface area contributed by atoms with Gasteiger partial charge in [0.2, 0.25) is 0 Å². The summed E-state index contributed by atoms with van der Waals surface area (Å²) in [5, 5.41) is 7.40. The van der Waals surface area contributed by atoms with Crippen molar-refractivity contribution >= 4 is 11.7 Å². The number of amides is 1. The molecule has 3 rings (SSSR count). The van der Waals surface area contributed by atoms with Gasteiger partial charge in [0.1, 0.15) is 11.6 Å². The highest BCUT2D eigenvalue weighted by Crippen LogP contribution is 2.23. The molecule has 0 bridgehead atoms. The molecule has 0 aliphatic carbocycles. The number of anilines is 1. The van der Waals surface area contributed by atoms with Gasteiger partial charge in [0.05, 0.1) is 11.8 Å². The fourth-order valence-electron chi connectivity index (χ4n) is 2.80. The standard InChI is InChI=1S/C19H23N5O/c1-4-5-11-24-17(14(2)13-21-24)22-19(25)16-9-7-6-8-15(16)18-20-10-12-23(18)3/h6-10,12-13H,4-5,11H2,1-3H3,(H,22,25). The summed E-state index contributed by atoms with van der Waals surface area (Å²) in [7, 11) is 1.92.